The normalized spacial score (nSPS) is 11.7. The molecule has 0 spiro atoms. The van der Waals surface area contributed by atoms with Gasteiger partial charge >= 0.3 is 0 Å². The Morgan fingerprint density at radius 3 is 2.66 bits per heavy atom. The number of nitro benzene ring substituents is 1. The summed E-state index contributed by atoms with van der Waals surface area (Å²) >= 11 is 5.88. The Bertz CT molecular complexity index is 1450. The fourth-order valence-corrected chi connectivity index (χ4v) is 4.32. The van der Waals surface area contributed by atoms with Gasteiger partial charge < -0.3 is 4.98 Å². The van der Waals surface area contributed by atoms with Gasteiger partial charge in [-0.3, -0.25) is 20.3 Å². The Labute approximate surface area is 187 Å². The monoisotopic (exact) mass is 469 g/mol. The van der Waals surface area contributed by atoms with Crippen molar-refractivity contribution in [3.63, 3.8) is 0 Å². The zero-order chi connectivity index (χ0) is 22.7. The Kier molecular flexibility index (Phi) is 5.80. The number of fused-ring (bicyclic) bond motifs is 1. The van der Waals surface area contributed by atoms with Gasteiger partial charge in [-0.1, -0.05) is 35.9 Å². The molecule has 162 valence electrons. The number of para-hydroxylation sites is 1. The van der Waals surface area contributed by atoms with Gasteiger partial charge in [-0.15, -0.1) is 0 Å². The molecule has 1 aromatic heterocycles. The molecule has 0 aliphatic rings. The third-order valence-electron chi connectivity index (χ3n) is 4.56. The smallest absolute Gasteiger partial charge is 0.295 e. The van der Waals surface area contributed by atoms with Crippen LogP contribution < -0.4 is 10.1 Å². The van der Waals surface area contributed by atoms with Crippen LogP contribution in [0.5, 0.6) is 0 Å². The molecule has 3 N–H and O–H groups in total. The van der Waals surface area contributed by atoms with Crippen LogP contribution in [0.25, 0.3) is 10.9 Å². The summed E-state index contributed by atoms with van der Waals surface area (Å²) < 4.78 is 27.7. The van der Waals surface area contributed by atoms with E-state index in [0.29, 0.717) is 5.02 Å². The quantitative estimate of drug-likeness (QED) is 0.200. The fraction of sp³-hybridized carbons (Fsp3) is 0. The molecule has 11 heteroatoms. The van der Waals surface area contributed by atoms with Crippen LogP contribution in [0.15, 0.2) is 82.9 Å². The maximum Gasteiger partial charge on any atom is 0.295 e. The van der Waals surface area contributed by atoms with Gasteiger partial charge in [-0.05, 0) is 36.4 Å². The van der Waals surface area contributed by atoms with Crippen molar-refractivity contribution in [1.29, 1.82) is 0 Å². The standard InChI is InChI=1S/C21H16ClN5O4S/c22-15-4-3-5-16(10-15)26-32(30,31)17-8-9-20(21(11-17)27(28)29)25-24-13-14-12-23-19-7-2-1-6-18(14)19/h1-13,23,25-26H. The van der Waals surface area contributed by atoms with E-state index < -0.39 is 20.6 Å². The number of hydrogen-bond acceptors (Lipinski definition) is 6. The topological polar surface area (TPSA) is 129 Å². The predicted octanol–water partition coefficient (Wildman–Crippen LogP) is 4.98. The van der Waals surface area contributed by atoms with Crippen molar-refractivity contribution in [2.45, 2.75) is 4.90 Å². The van der Waals surface area contributed by atoms with Gasteiger partial charge in [0.05, 0.1) is 21.7 Å². The first-order valence-electron chi connectivity index (χ1n) is 9.25. The minimum atomic E-state index is -4.07. The van der Waals surface area contributed by atoms with Crippen LogP contribution in [0, 0.1) is 10.1 Å². The van der Waals surface area contributed by atoms with E-state index in [-0.39, 0.29) is 16.3 Å². The summed E-state index contributed by atoms with van der Waals surface area (Å²) in [5.41, 5.74) is 4.19. The zero-order valence-electron chi connectivity index (χ0n) is 16.3. The van der Waals surface area contributed by atoms with E-state index in [1.165, 1.54) is 30.5 Å². The van der Waals surface area contributed by atoms with Crippen molar-refractivity contribution in [3.05, 3.63) is 93.6 Å². The van der Waals surface area contributed by atoms with E-state index in [4.69, 9.17) is 11.6 Å². The highest BCUT2D eigenvalue weighted by atomic mass is 35.5. The average Bonchev–Trinajstić information content (AvgIpc) is 3.16. The summed E-state index contributed by atoms with van der Waals surface area (Å²) in [6.45, 7) is 0. The number of hydrogen-bond donors (Lipinski definition) is 3. The van der Waals surface area contributed by atoms with Gasteiger partial charge in [0.25, 0.3) is 15.7 Å². The molecule has 9 nitrogen and oxygen atoms in total. The maximum absolute atomic E-state index is 12.7. The maximum atomic E-state index is 12.7. The summed E-state index contributed by atoms with van der Waals surface area (Å²) in [5.74, 6) is 0. The SMILES string of the molecule is O=[N+]([O-])c1cc(S(=O)(=O)Nc2cccc(Cl)c2)ccc1NN=Cc1c[nH]c2ccccc12. The second-order valence-corrected chi connectivity index (χ2v) is 8.83. The zero-order valence-corrected chi connectivity index (χ0v) is 17.9. The lowest BCUT2D eigenvalue weighted by Gasteiger charge is -2.09. The van der Waals surface area contributed by atoms with Crippen LogP contribution >= 0.6 is 11.6 Å². The molecule has 0 aliphatic carbocycles. The van der Waals surface area contributed by atoms with Crippen LogP contribution in [-0.4, -0.2) is 24.5 Å². The van der Waals surface area contributed by atoms with Crippen LogP contribution in [0.1, 0.15) is 5.56 Å². The number of halogens is 1. The van der Waals surface area contributed by atoms with Crippen LogP contribution in [-0.2, 0) is 10.0 Å². The van der Waals surface area contributed by atoms with Crippen LogP contribution in [0.4, 0.5) is 17.1 Å². The number of nitrogens with one attached hydrogen (secondary N) is 3. The van der Waals surface area contributed by atoms with Gasteiger partial charge in [0, 0.05) is 33.8 Å². The summed E-state index contributed by atoms with van der Waals surface area (Å²) in [7, 11) is -4.07. The molecule has 0 unspecified atom stereocenters. The summed E-state index contributed by atoms with van der Waals surface area (Å²) in [6.07, 6.45) is 3.29. The van der Waals surface area contributed by atoms with Crippen molar-refractivity contribution in [2.24, 2.45) is 5.10 Å². The van der Waals surface area contributed by atoms with Gasteiger partial charge in [-0.2, -0.15) is 5.10 Å². The highest BCUT2D eigenvalue weighted by Crippen LogP contribution is 2.29. The minimum absolute atomic E-state index is 0.0489. The van der Waals surface area contributed by atoms with Gasteiger partial charge in [0.1, 0.15) is 5.69 Å². The number of anilines is 2. The molecule has 0 saturated heterocycles. The van der Waals surface area contributed by atoms with E-state index in [9.17, 15) is 18.5 Å². The third-order valence-corrected chi connectivity index (χ3v) is 6.18. The number of nitro groups is 1. The Balaban J connectivity index is 1.58. The van der Waals surface area contributed by atoms with Crippen molar-refractivity contribution in [2.75, 3.05) is 10.1 Å². The highest BCUT2D eigenvalue weighted by molar-refractivity contribution is 7.92. The number of nitrogens with zero attached hydrogens (tertiary/aromatic N) is 2. The van der Waals surface area contributed by atoms with Crippen molar-refractivity contribution in [3.8, 4) is 0 Å². The number of rotatable bonds is 7. The van der Waals surface area contributed by atoms with E-state index >= 15 is 0 Å². The molecule has 0 saturated carbocycles. The molecule has 3 aromatic carbocycles. The summed E-state index contributed by atoms with van der Waals surface area (Å²) in [4.78, 5) is 13.7. The summed E-state index contributed by atoms with van der Waals surface area (Å²) in [6, 6.07) is 17.3. The lowest BCUT2D eigenvalue weighted by atomic mass is 10.2. The molecule has 0 fully saturated rings. The first-order chi connectivity index (χ1) is 15.3. The van der Waals surface area contributed by atoms with Crippen molar-refractivity contribution < 1.29 is 13.3 Å². The highest BCUT2D eigenvalue weighted by Gasteiger charge is 2.21. The van der Waals surface area contributed by atoms with Gasteiger partial charge in [-0.25, -0.2) is 8.42 Å². The first-order valence-corrected chi connectivity index (χ1v) is 11.1. The lowest BCUT2D eigenvalue weighted by Crippen LogP contribution is -2.13. The predicted molar refractivity (Wildman–Crippen MR) is 125 cm³/mol. The van der Waals surface area contributed by atoms with E-state index in [1.54, 1.807) is 18.3 Å². The molecule has 0 aliphatic heterocycles. The second kappa shape index (κ2) is 8.69. The van der Waals surface area contributed by atoms with Gasteiger partial charge in [0.2, 0.25) is 0 Å². The molecule has 1 heterocycles. The molecular formula is C21H16ClN5O4S. The van der Waals surface area contributed by atoms with E-state index in [1.807, 2.05) is 24.3 Å². The third kappa shape index (κ3) is 4.56. The summed E-state index contributed by atoms with van der Waals surface area (Å²) in [5, 5.41) is 16.9. The molecule has 0 bridgehead atoms. The number of sulfonamides is 1. The minimum Gasteiger partial charge on any atom is -0.361 e. The number of aromatic nitrogens is 1. The fourth-order valence-electron chi connectivity index (χ4n) is 3.06. The van der Waals surface area contributed by atoms with Crippen molar-refractivity contribution >= 4 is 55.8 Å². The largest absolute Gasteiger partial charge is 0.361 e. The Morgan fingerprint density at radius 1 is 1.06 bits per heavy atom. The number of benzene rings is 3. The first kappa shape index (κ1) is 21.3. The lowest BCUT2D eigenvalue weighted by molar-refractivity contribution is -0.384. The molecule has 0 atom stereocenters. The Hall–Kier alpha value is -3.89. The molecule has 32 heavy (non-hydrogen) atoms. The van der Waals surface area contributed by atoms with Crippen molar-refractivity contribution in [1.82, 2.24) is 4.98 Å². The number of H-pyrrole nitrogens is 1. The van der Waals surface area contributed by atoms with Crippen LogP contribution in [0.2, 0.25) is 5.02 Å². The van der Waals surface area contributed by atoms with E-state index in [0.717, 1.165) is 22.5 Å². The van der Waals surface area contributed by atoms with Crippen LogP contribution in [0.3, 0.4) is 0 Å². The molecule has 4 rings (SSSR count). The molecular weight excluding hydrogens is 454 g/mol. The van der Waals surface area contributed by atoms with Gasteiger partial charge in [0.15, 0.2) is 0 Å². The second-order valence-electron chi connectivity index (χ2n) is 6.71. The van der Waals surface area contributed by atoms with E-state index in [2.05, 4.69) is 20.2 Å². The number of hydrazone groups is 1. The molecule has 4 aromatic rings. The number of aromatic amines is 1. The molecule has 0 radical (unpaired) electrons. The molecule has 0 amide bonds. The average molecular weight is 470 g/mol. The Morgan fingerprint density at radius 2 is 1.88 bits per heavy atom.